The molecule has 1 N–H and O–H groups in total. The van der Waals surface area contributed by atoms with Crippen molar-refractivity contribution in [2.24, 2.45) is 17.3 Å². The first-order chi connectivity index (χ1) is 8.41. The van der Waals surface area contributed by atoms with E-state index in [9.17, 15) is 0 Å². The van der Waals surface area contributed by atoms with Crippen molar-refractivity contribution in [1.29, 1.82) is 0 Å². The summed E-state index contributed by atoms with van der Waals surface area (Å²) in [5.41, 5.74) is 0.547. The summed E-state index contributed by atoms with van der Waals surface area (Å²) < 4.78 is 5.65. The number of rotatable bonds is 7. The number of hydrogen-bond donors (Lipinski definition) is 1. The fourth-order valence-electron chi connectivity index (χ4n) is 2.99. The van der Waals surface area contributed by atoms with Crippen molar-refractivity contribution < 1.29 is 4.74 Å². The van der Waals surface area contributed by atoms with Gasteiger partial charge in [0.2, 0.25) is 0 Å². The monoisotopic (exact) mass is 255 g/mol. The van der Waals surface area contributed by atoms with E-state index in [-0.39, 0.29) is 0 Å². The zero-order chi connectivity index (χ0) is 13.6. The molecule has 0 radical (unpaired) electrons. The molecule has 0 aliphatic heterocycles. The Morgan fingerprint density at radius 3 is 2.61 bits per heavy atom. The van der Waals surface area contributed by atoms with Gasteiger partial charge in [0.1, 0.15) is 0 Å². The van der Waals surface area contributed by atoms with Crippen molar-refractivity contribution in [2.75, 3.05) is 19.8 Å². The maximum atomic E-state index is 5.65. The van der Waals surface area contributed by atoms with E-state index in [4.69, 9.17) is 4.74 Å². The Hall–Kier alpha value is -0.0800. The summed E-state index contributed by atoms with van der Waals surface area (Å²) in [6.45, 7) is 14.4. The summed E-state index contributed by atoms with van der Waals surface area (Å²) in [6, 6.07) is 0.701. The largest absolute Gasteiger partial charge is 0.380 e. The average molecular weight is 255 g/mol. The summed E-state index contributed by atoms with van der Waals surface area (Å²) in [5.74, 6) is 1.54. The summed E-state index contributed by atoms with van der Waals surface area (Å²) in [4.78, 5) is 0. The molecule has 18 heavy (non-hydrogen) atoms. The van der Waals surface area contributed by atoms with Crippen LogP contribution >= 0.6 is 0 Å². The lowest BCUT2D eigenvalue weighted by Gasteiger charge is -2.39. The van der Waals surface area contributed by atoms with Gasteiger partial charge in [-0.1, -0.05) is 34.6 Å². The first-order valence-electron chi connectivity index (χ1n) is 7.72. The molecule has 1 rings (SSSR count). The lowest BCUT2D eigenvalue weighted by atomic mass is 9.70. The minimum Gasteiger partial charge on any atom is -0.380 e. The zero-order valence-electron chi connectivity index (χ0n) is 13.1. The van der Waals surface area contributed by atoms with Gasteiger partial charge in [0.15, 0.2) is 0 Å². The summed E-state index contributed by atoms with van der Waals surface area (Å²) in [7, 11) is 0. The average Bonchev–Trinajstić information content (AvgIpc) is 2.24. The highest BCUT2D eigenvalue weighted by Gasteiger charge is 2.31. The zero-order valence-corrected chi connectivity index (χ0v) is 13.1. The van der Waals surface area contributed by atoms with Crippen LogP contribution in [0.2, 0.25) is 0 Å². The normalized spacial score (nSPS) is 27.7. The maximum Gasteiger partial charge on any atom is 0.0591 e. The fourth-order valence-corrected chi connectivity index (χ4v) is 2.99. The van der Waals surface area contributed by atoms with E-state index in [0.29, 0.717) is 11.5 Å². The van der Waals surface area contributed by atoms with Crippen molar-refractivity contribution in [2.45, 2.75) is 66.3 Å². The highest BCUT2D eigenvalue weighted by atomic mass is 16.5. The van der Waals surface area contributed by atoms with Gasteiger partial charge in [-0.2, -0.15) is 0 Å². The van der Waals surface area contributed by atoms with Crippen LogP contribution in [0.3, 0.4) is 0 Å². The number of nitrogens with one attached hydrogen (secondary N) is 1. The van der Waals surface area contributed by atoms with Crippen LogP contribution in [0.1, 0.15) is 60.3 Å². The van der Waals surface area contributed by atoms with Crippen LogP contribution in [0.5, 0.6) is 0 Å². The van der Waals surface area contributed by atoms with Gasteiger partial charge in [0.05, 0.1) is 6.61 Å². The predicted molar refractivity (Wildman–Crippen MR) is 78.9 cm³/mol. The van der Waals surface area contributed by atoms with Crippen molar-refractivity contribution in [3.63, 3.8) is 0 Å². The summed E-state index contributed by atoms with van der Waals surface area (Å²) in [6.07, 6.45) is 5.19. The van der Waals surface area contributed by atoms with Crippen LogP contribution < -0.4 is 5.32 Å². The summed E-state index contributed by atoms with van der Waals surface area (Å²) in [5, 5.41) is 3.67. The lowest BCUT2D eigenvalue weighted by molar-refractivity contribution is 0.108. The van der Waals surface area contributed by atoms with Crippen LogP contribution in [0.4, 0.5) is 0 Å². The Morgan fingerprint density at radius 2 is 2.00 bits per heavy atom. The Balaban J connectivity index is 2.06. The van der Waals surface area contributed by atoms with E-state index < -0.39 is 0 Å². The molecule has 0 spiro atoms. The first kappa shape index (κ1) is 16.0. The third-order valence-corrected chi connectivity index (χ3v) is 4.19. The third kappa shape index (κ3) is 6.19. The molecule has 0 aromatic carbocycles. The van der Waals surface area contributed by atoms with Crippen molar-refractivity contribution in [1.82, 2.24) is 5.32 Å². The minimum absolute atomic E-state index is 0.547. The molecule has 1 aliphatic rings. The predicted octanol–water partition coefficient (Wildman–Crippen LogP) is 3.85. The van der Waals surface area contributed by atoms with Gasteiger partial charge in [-0.25, -0.2) is 0 Å². The molecule has 2 atom stereocenters. The second kappa shape index (κ2) is 7.49. The second-order valence-electron chi connectivity index (χ2n) is 7.24. The molecule has 1 aliphatic carbocycles. The molecule has 1 saturated carbocycles. The number of hydrogen-bond acceptors (Lipinski definition) is 2. The summed E-state index contributed by atoms with van der Waals surface area (Å²) >= 11 is 0. The molecule has 0 aromatic heterocycles. The van der Waals surface area contributed by atoms with Crippen LogP contribution in [0.15, 0.2) is 0 Å². The Labute approximate surface area is 114 Å². The van der Waals surface area contributed by atoms with Gasteiger partial charge in [-0.3, -0.25) is 0 Å². The molecule has 0 saturated heterocycles. The van der Waals surface area contributed by atoms with Gasteiger partial charge in [0, 0.05) is 19.2 Å². The Bertz CT molecular complexity index is 225. The van der Waals surface area contributed by atoms with Gasteiger partial charge in [0.25, 0.3) is 0 Å². The Morgan fingerprint density at radius 1 is 1.28 bits per heavy atom. The highest BCUT2D eigenvalue weighted by molar-refractivity contribution is 4.86. The number of ether oxygens (including phenoxy) is 1. The molecule has 0 amide bonds. The van der Waals surface area contributed by atoms with E-state index in [2.05, 4.69) is 39.9 Å². The van der Waals surface area contributed by atoms with E-state index in [0.717, 1.165) is 31.6 Å². The van der Waals surface area contributed by atoms with Gasteiger partial charge < -0.3 is 10.1 Å². The van der Waals surface area contributed by atoms with Crippen LogP contribution in [-0.2, 0) is 4.74 Å². The van der Waals surface area contributed by atoms with E-state index in [1.165, 1.54) is 25.7 Å². The minimum atomic E-state index is 0.547. The molecule has 108 valence electrons. The first-order valence-corrected chi connectivity index (χ1v) is 7.72. The fraction of sp³-hybridized carbons (Fsp3) is 1.00. The second-order valence-corrected chi connectivity index (χ2v) is 7.24. The van der Waals surface area contributed by atoms with Crippen LogP contribution in [0.25, 0.3) is 0 Å². The standard InChI is InChI=1S/C16H33NO/c1-13(2)7-10-18-11-9-17-15-6-8-16(4,5)12-14(15)3/h13-15,17H,6-12H2,1-5H3. The van der Waals surface area contributed by atoms with E-state index >= 15 is 0 Å². The van der Waals surface area contributed by atoms with Crippen molar-refractivity contribution in [3.8, 4) is 0 Å². The van der Waals surface area contributed by atoms with Crippen LogP contribution in [0, 0.1) is 17.3 Å². The quantitative estimate of drug-likeness (QED) is 0.698. The molecule has 2 nitrogen and oxygen atoms in total. The van der Waals surface area contributed by atoms with E-state index in [1.54, 1.807) is 0 Å². The van der Waals surface area contributed by atoms with E-state index in [1.807, 2.05) is 0 Å². The molecule has 0 heterocycles. The van der Waals surface area contributed by atoms with Gasteiger partial charge in [-0.05, 0) is 42.9 Å². The van der Waals surface area contributed by atoms with Gasteiger partial charge >= 0.3 is 0 Å². The smallest absolute Gasteiger partial charge is 0.0591 e. The van der Waals surface area contributed by atoms with Crippen molar-refractivity contribution in [3.05, 3.63) is 0 Å². The van der Waals surface area contributed by atoms with Crippen LogP contribution in [-0.4, -0.2) is 25.8 Å². The SMILES string of the molecule is CC(C)CCOCCNC1CCC(C)(C)CC1C. The topological polar surface area (TPSA) is 21.3 Å². The Kier molecular flexibility index (Phi) is 6.65. The molecular weight excluding hydrogens is 222 g/mol. The molecule has 0 aromatic rings. The molecule has 2 heteroatoms. The molecule has 1 fully saturated rings. The maximum absolute atomic E-state index is 5.65. The third-order valence-electron chi connectivity index (χ3n) is 4.19. The molecule has 0 bridgehead atoms. The lowest BCUT2D eigenvalue weighted by Crippen LogP contribution is -2.42. The highest BCUT2D eigenvalue weighted by Crippen LogP contribution is 2.38. The van der Waals surface area contributed by atoms with Gasteiger partial charge in [-0.15, -0.1) is 0 Å². The van der Waals surface area contributed by atoms with Crippen molar-refractivity contribution >= 4 is 0 Å². The molecular formula is C16H33NO. The molecule has 2 unspecified atom stereocenters.